The summed E-state index contributed by atoms with van der Waals surface area (Å²) in [6, 6.07) is 7.16. The molecule has 6 heteroatoms. The van der Waals surface area contributed by atoms with Gasteiger partial charge in [-0.25, -0.2) is 8.42 Å². The van der Waals surface area contributed by atoms with E-state index in [1.165, 1.54) is 7.11 Å². The van der Waals surface area contributed by atoms with Crippen LogP contribution in [-0.4, -0.2) is 46.0 Å². The average Bonchev–Trinajstić information content (AvgIpc) is 2.47. The maximum absolute atomic E-state index is 12.6. The van der Waals surface area contributed by atoms with E-state index < -0.39 is 10.0 Å². The van der Waals surface area contributed by atoms with E-state index in [2.05, 4.69) is 5.32 Å². The van der Waals surface area contributed by atoms with E-state index in [0.29, 0.717) is 24.9 Å². The minimum absolute atomic E-state index is 0.250. The highest BCUT2D eigenvalue weighted by Gasteiger charge is 2.30. The zero-order valence-corrected chi connectivity index (χ0v) is 12.1. The molecule has 0 amide bonds. The molecule has 1 saturated heterocycles. The van der Waals surface area contributed by atoms with Gasteiger partial charge in [-0.1, -0.05) is 12.1 Å². The first-order chi connectivity index (χ1) is 9.09. The van der Waals surface area contributed by atoms with Crippen LogP contribution in [0, 0.1) is 0 Å². The molecule has 5 nitrogen and oxygen atoms in total. The Kier molecular flexibility index (Phi) is 4.44. The number of nitrogens with one attached hydrogen (secondary N) is 1. The number of hydrogen-bond acceptors (Lipinski definition) is 4. The normalized spacial score (nSPS) is 18.4. The van der Waals surface area contributed by atoms with E-state index in [0.717, 1.165) is 12.8 Å². The monoisotopic (exact) mass is 284 g/mol. The molecule has 1 aliphatic heterocycles. The summed E-state index contributed by atoms with van der Waals surface area (Å²) in [6.45, 7) is 1.10. The third-order valence-corrected chi connectivity index (χ3v) is 5.49. The summed E-state index contributed by atoms with van der Waals surface area (Å²) < 4.78 is 31.9. The van der Waals surface area contributed by atoms with Crippen LogP contribution in [0.2, 0.25) is 0 Å². The third kappa shape index (κ3) is 2.91. The van der Waals surface area contributed by atoms with Gasteiger partial charge in [0.15, 0.2) is 0 Å². The lowest BCUT2D eigenvalue weighted by molar-refractivity contribution is 0.297. The summed E-state index contributed by atoms with van der Waals surface area (Å²) in [7, 11) is -0.0564. The fourth-order valence-corrected chi connectivity index (χ4v) is 3.98. The first kappa shape index (κ1) is 14.3. The maximum Gasteiger partial charge on any atom is 0.246 e. The van der Waals surface area contributed by atoms with Crippen molar-refractivity contribution in [3.8, 4) is 5.75 Å². The smallest absolute Gasteiger partial charge is 0.246 e. The predicted octanol–water partition coefficient (Wildman–Crippen LogP) is 1.07. The van der Waals surface area contributed by atoms with Crippen LogP contribution in [0.15, 0.2) is 29.2 Å². The molecule has 1 aromatic rings. The molecule has 0 aromatic heterocycles. The second-order valence-corrected chi connectivity index (χ2v) is 6.52. The van der Waals surface area contributed by atoms with Gasteiger partial charge in [0.25, 0.3) is 0 Å². The Morgan fingerprint density at radius 3 is 2.47 bits per heavy atom. The topological polar surface area (TPSA) is 58.6 Å². The molecule has 0 bridgehead atoms. The highest BCUT2D eigenvalue weighted by molar-refractivity contribution is 7.89. The highest BCUT2D eigenvalue weighted by atomic mass is 32.2. The molecule has 1 aromatic carbocycles. The van der Waals surface area contributed by atoms with E-state index in [1.54, 1.807) is 28.6 Å². The molecule has 1 fully saturated rings. The van der Waals surface area contributed by atoms with Crippen LogP contribution >= 0.6 is 0 Å². The van der Waals surface area contributed by atoms with Gasteiger partial charge in [0.05, 0.1) is 7.11 Å². The Labute approximate surface area is 114 Å². The van der Waals surface area contributed by atoms with Gasteiger partial charge >= 0.3 is 0 Å². The van der Waals surface area contributed by atoms with Crippen LogP contribution in [0.4, 0.5) is 0 Å². The summed E-state index contributed by atoms with van der Waals surface area (Å²) >= 11 is 0. The molecule has 19 heavy (non-hydrogen) atoms. The maximum atomic E-state index is 12.6. The van der Waals surface area contributed by atoms with Gasteiger partial charge in [0.1, 0.15) is 10.6 Å². The highest BCUT2D eigenvalue weighted by Crippen LogP contribution is 2.27. The largest absolute Gasteiger partial charge is 0.495 e. The molecule has 1 N–H and O–H groups in total. The molecule has 2 rings (SSSR count). The van der Waals surface area contributed by atoms with Crippen molar-refractivity contribution in [2.24, 2.45) is 0 Å². The Balaban J connectivity index is 2.23. The molecule has 0 spiro atoms. The average molecular weight is 284 g/mol. The van der Waals surface area contributed by atoms with E-state index in [4.69, 9.17) is 4.74 Å². The number of sulfonamides is 1. The summed E-state index contributed by atoms with van der Waals surface area (Å²) in [5, 5.41) is 3.19. The van der Waals surface area contributed by atoms with Crippen LogP contribution in [0.5, 0.6) is 5.75 Å². The minimum Gasteiger partial charge on any atom is -0.495 e. The van der Waals surface area contributed by atoms with E-state index >= 15 is 0 Å². The summed E-state index contributed by atoms with van der Waals surface area (Å²) in [4.78, 5) is 0.250. The van der Waals surface area contributed by atoms with Gasteiger partial charge in [0, 0.05) is 19.1 Å². The van der Waals surface area contributed by atoms with Gasteiger partial charge < -0.3 is 10.1 Å². The summed E-state index contributed by atoms with van der Waals surface area (Å²) in [5.41, 5.74) is 0. The van der Waals surface area contributed by atoms with Crippen molar-refractivity contribution in [3.05, 3.63) is 24.3 Å². The number of ether oxygens (including phenoxy) is 1. The number of benzene rings is 1. The molecule has 0 radical (unpaired) electrons. The quantitative estimate of drug-likeness (QED) is 0.898. The fourth-order valence-electron chi connectivity index (χ4n) is 2.36. The first-order valence-corrected chi connectivity index (χ1v) is 7.84. The van der Waals surface area contributed by atoms with Crippen molar-refractivity contribution in [1.82, 2.24) is 9.62 Å². The van der Waals surface area contributed by atoms with Crippen LogP contribution in [0.25, 0.3) is 0 Å². The van der Waals surface area contributed by atoms with Crippen molar-refractivity contribution >= 4 is 10.0 Å². The molecule has 0 aliphatic carbocycles. The van der Waals surface area contributed by atoms with E-state index in [1.807, 2.05) is 7.05 Å². The lowest BCUT2D eigenvalue weighted by atomic mass is 10.1. The van der Waals surface area contributed by atoms with E-state index in [9.17, 15) is 8.42 Å². The zero-order valence-electron chi connectivity index (χ0n) is 11.3. The number of para-hydroxylation sites is 1. The minimum atomic E-state index is -3.46. The van der Waals surface area contributed by atoms with Crippen molar-refractivity contribution < 1.29 is 13.2 Å². The zero-order chi connectivity index (χ0) is 13.9. The number of nitrogens with zero attached hydrogens (tertiary/aromatic N) is 1. The van der Waals surface area contributed by atoms with Gasteiger partial charge in [-0.15, -0.1) is 0 Å². The SMILES string of the molecule is CNC1CCN(S(=O)(=O)c2ccccc2OC)CC1. The Morgan fingerprint density at radius 1 is 1.26 bits per heavy atom. The standard InChI is InChI=1S/C13H20N2O3S/c1-14-11-7-9-15(10-8-11)19(16,17)13-6-4-3-5-12(13)18-2/h3-6,11,14H,7-10H2,1-2H3. The molecule has 1 aliphatic rings. The molecular weight excluding hydrogens is 264 g/mol. The van der Waals surface area contributed by atoms with Crippen LogP contribution < -0.4 is 10.1 Å². The Morgan fingerprint density at radius 2 is 1.89 bits per heavy atom. The number of methoxy groups -OCH3 is 1. The Hall–Kier alpha value is -1.11. The molecular formula is C13H20N2O3S. The number of piperidine rings is 1. The lowest BCUT2D eigenvalue weighted by Crippen LogP contribution is -2.43. The first-order valence-electron chi connectivity index (χ1n) is 6.40. The van der Waals surface area contributed by atoms with Crippen molar-refractivity contribution in [3.63, 3.8) is 0 Å². The molecule has 1 heterocycles. The Bertz CT molecular complexity index is 522. The van der Waals surface area contributed by atoms with E-state index in [-0.39, 0.29) is 4.90 Å². The molecule has 0 atom stereocenters. The summed E-state index contributed by atoms with van der Waals surface area (Å²) in [6.07, 6.45) is 1.68. The van der Waals surface area contributed by atoms with Crippen molar-refractivity contribution in [1.29, 1.82) is 0 Å². The lowest BCUT2D eigenvalue weighted by Gasteiger charge is -2.31. The van der Waals surface area contributed by atoms with Gasteiger partial charge in [-0.3, -0.25) is 0 Å². The van der Waals surface area contributed by atoms with Crippen molar-refractivity contribution in [2.45, 2.75) is 23.8 Å². The summed E-state index contributed by atoms with van der Waals surface area (Å²) in [5.74, 6) is 0.401. The second-order valence-electron chi connectivity index (χ2n) is 4.62. The van der Waals surface area contributed by atoms with Crippen LogP contribution in [0.1, 0.15) is 12.8 Å². The third-order valence-electron chi connectivity index (χ3n) is 3.55. The predicted molar refractivity (Wildman–Crippen MR) is 73.8 cm³/mol. The molecule has 0 saturated carbocycles. The van der Waals surface area contributed by atoms with Gasteiger partial charge in [0.2, 0.25) is 10.0 Å². The van der Waals surface area contributed by atoms with Crippen molar-refractivity contribution in [2.75, 3.05) is 27.2 Å². The van der Waals surface area contributed by atoms with Crippen LogP contribution in [0.3, 0.4) is 0 Å². The number of rotatable bonds is 4. The molecule has 0 unspecified atom stereocenters. The van der Waals surface area contributed by atoms with Crippen LogP contribution in [-0.2, 0) is 10.0 Å². The van der Waals surface area contributed by atoms with Gasteiger partial charge in [-0.2, -0.15) is 4.31 Å². The van der Waals surface area contributed by atoms with Gasteiger partial charge in [-0.05, 0) is 32.0 Å². The number of hydrogen-bond donors (Lipinski definition) is 1. The second kappa shape index (κ2) is 5.90. The molecule has 106 valence electrons. The fraction of sp³-hybridized carbons (Fsp3) is 0.538.